The predicted octanol–water partition coefficient (Wildman–Crippen LogP) is 2.13. The number of aromatic nitrogens is 3. The molecule has 1 fully saturated rings. The maximum Gasteiger partial charge on any atom is 0.271 e. The summed E-state index contributed by atoms with van der Waals surface area (Å²) < 4.78 is 14.6. The predicted molar refractivity (Wildman–Crippen MR) is 97.0 cm³/mol. The molecule has 0 aliphatic carbocycles. The minimum absolute atomic E-state index is 0.468. The zero-order valence-electron chi connectivity index (χ0n) is 14.0. The van der Waals surface area contributed by atoms with Gasteiger partial charge in [-0.15, -0.1) is 4.37 Å². The molecule has 0 radical (unpaired) electrons. The molecule has 0 aromatic carbocycles. The van der Waals surface area contributed by atoms with Crippen LogP contribution in [0, 0.1) is 0 Å². The van der Waals surface area contributed by atoms with Crippen LogP contribution in [0.3, 0.4) is 0 Å². The Bertz CT molecular complexity index is 629. The smallest absolute Gasteiger partial charge is 0.271 e. The molecule has 2 aromatic heterocycles. The van der Waals surface area contributed by atoms with Crippen LogP contribution in [-0.2, 0) is 6.61 Å². The van der Waals surface area contributed by atoms with Gasteiger partial charge < -0.3 is 20.3 Å². The van der Waals surface area contributed by atoms with Crippen molar-refractivity contribution in [3.05, 3.63) is 23.9 Å². The number of unbranched alkanes of at least 4 members (excludes halogenated alkanes) is 1. The van der Waals surface area contributed by atoms with Crippen molar-refractivity contribution in [1.82, 2.24) is 19.0 Å². The summed E-state index contributed by atoms with van der Waals surface area (Å²) in [6, 6.07) is 4.00. The maximum atomic E-state index is 5.92. The van der Waals surface area contributed by atoms with Gasteiger partial charge in [-0.05, 0) is 24.1 Å². The van der Waals surface area contributed by atoms with Crippen molar-refractivity contribution in [1.29, 1.82) is 0 Å². The van der Waals surface area contributed by atoms with Crippen LogP contribution in [0.15, 0.2) is 18.3 Å². The Balaban J connectivity index is 1.58. The molecule has 0 amide bonds. The van der Waals surface area contributed by atoms with E-state index < -0.39 is 0 Å². The van der Waals surface area contributed by atoms with E-state index in [4.69, 9.17) is 4.74 Å². The Morgan fingerprint density at radius 1 is 1.33 bits per heavy atom. The van der Waals surface area contributed by atoms with E-state index >= 15 is 0 Å². The highest BCUT2D eigenvalue weighted by Gasteiger charge is 2.19. The molecule has 2 aromatic rings. The average molecular weight is 348 g/mol. The highest BCUT2D eigenvalue weighted by Crippen LogP contribution is 2.26. The molecule has 130 valence electrons. The monoisotopic (exact) mass is 348 g/mol. The van der Waals surface area contributed by atoms with Gasteiger partial charge in [-0.3, -0.25) is 0 Å². The molecule has 0 spiro atoms. The van der Waals surface area contributed by atoms with Crippen molar-refractivity contribution in [2.75, 3.05) is 42.9 Å². The minimum atomic E-state index is 0.468. The number of nitrogens with zero attached hydrogens (tertiary/aromatic N) is 4. The van der Waals surface area contributed by atoms with Crippen LogP contribution in [0.1, 0.15) is 25.3 Å². The molecule has 0 atom stereocenters. The normalized spacial score (nSPS) is 14.6. The van der Waals surface area contributed by atoms with Crippen molar-refractivity contribution in [3.8, 4) is 5.88 Å². The lowest BCUT2D eigenvalue weighted by Crippen LogP contribution is -2.43. The van der Waals surface area contributed by atoms with E-state index in [0.29, 0.717) is 12.5 Å². The number of hydrogen-bond acceptors (Lipinski definition) is 8. The molecule has 0 bridgehead atoms. The fourth-order valence-electron chi connectivity index (χ4n) is 2.54. The first-order chi connectivity index (χ1) is 11.9. The van der Waals surface area contributed by atoms with E-state index in [1.165, 1.54) is 18.1 Å². The zero-order chi connectivity index (χ0) is 16.6. The number of hydrogen-bond donors (Lipinski definition) is 2. The summed E-state index contributed by atoms with van der Waals surface area (Å²) in [6.45, 7) is 7.39. The molecule has 0 unspecified atom stereocenters. The summed E-state index contributed by atoms with van der Waals surface area (Å²) in [7, 11) is 0. The molecule has 0 saturated carbocycles. The molecule has 1 saturated heterocycles. The summed E-state index contributed by atoms with van der Waals surface area (Å²) in [6.07, 6.45) is 4.12. The zero-order valence-corrected chi connectivity index (χ0v) is 14.8. The summed E-state index contributed by atoms with van der Waals surface area (Å²) in [5.41, 5.74) is 1.07. The quantitative estimate of drug-likeness (QED) is 0.708. The Labute approximate surface area is 146 Å². The van der Waals surface area contributed by atoms with Crippen molar-refractivity contribution in [3.63, 3.8) is 0 Å². The van der Waals surface area contributed by atoms with Crippen LogP contribution in [0.5, 0.6) is 5.88 Å². The van der Waals surface area contributed by atoms with Crippen molar-refractivity contribution in [2.24, 2.45) is 0 Å². The highest BCUT2D eigenvalue weighted by molar-refractivity contribution is 6.99. The summed E-state index contributed by atoms with van der Waals surface area (Å²) >= 11 is 1.20. The molecular weight excluding hydrogens is 324 g/mol. The molecule has 3 rings (SSSR count). The van der Waals surface area contributed by atoms with Crippen LogP contribution in [0.4, 0.5) is 11.6 Å². The number of rotatable bonds is 8. The van der Waals surface area contributed by atoms with Gasteiger partial charge in [0.25, 0.3) is 5.88 Å². The third kappa shape index (κ3) is 4.55. The van der Waals surface area contributed by atoms with Gasteiger partial charge in [0.1, 0.15) is 12.4 Å². The standard InChI is InChI=1S/C16H24N6OS/c1-2-3-5-18-14-11-13(4-6-19-14)12-23-16-15(20-24-21-16)22-9-7-17-8-10-22/h4,6,11,17H,2-3,5,7-10,12H2,1H3,(H,18,19). The third-order valence-corrected chi connectivity index (χ3v) is 4.40. The van der Waals surface area contributed by atoms with Gasteiger partial charge >= 0.3 is 0 Å². The van der Waals surface area contributed by atoms with E-state index in [2.05, 4.69) is 36.2 Å². The first-order valence-corrected chi connectivity index (χ1v) is 9.19. The Hall–Kier alpha value is -1.93. The number of anilines is 2. The van der Waals surface area contributed by atoms with Gasteiger partial charge in [-0.25, -0.2) is 4.98 Å². The second-order valence-electron chi connectivity index (χ2n) is 5.75. The minimum Gasteiger partial charge on any atom is -0.470 e. The van der Waals surface area contributed by atoms with Gasteiger partial charge in [0.2, 0.25) is 5.82 Å². The van der Waals surface area contributed by atoms with Crippen molar-refractivity contribution < 1.29 is 4.74 Å². The van der Waals surface area contributed by atoms with Crippen LogP contribution in [0.25, 0.3) is 0 Å². The van der Waals surface area contributed by atoms with Gasteiger partial charge in [0.15, 0.2) is 0 Å². The molecule has 1 aliphatic rings. The fourth-order valence-corrected chi connectivity index (χ4v) is 3.06. The Morgan fingerprint density at radius 3 is 3.04 bits per heavy atom. The van der Waals surface area contributed by atoms with E-state index in [1.807, 2.05) is 18.3 Å². The first-order valence-electron chi connectivity index (χ1n) is 8.46. The lowest BCUT2D eigenvalue weighted by Gasteiger charge is -2.27. The fraction of sp³-hybridized carbons (Fsp3) is 0.562. The first kappa shape index (κ1) is 16.9. The van der Waals surface area contributed by atoms with E-state index in [9.17, 15) is 0 Å². The summed E-state index contributed by atoms with van der Waals surface area (Å²) in [4.78, 5) is 6.56. The van der Waals surface area contributed by atoms with Gasteiger partial charge in [-0.2, -0.15) is 4.37 Å². The largest absolute Gasteiger partial charge is 0.470 e. The van der Waals surface area contributed by atoms with E-state index in [1.54, 1.807) is 0 Å². The van der Waals surface area contributed by atoms with E-state index in [-0.39, 0.29) is 0 Å². The van der Waals surface area contributed by atoms with Crippen LogP contribution < -0.4 is 20.3 Å². The SMILES string of the molecule is CCCCNc1cc(COc2nsnc2N2CCNCC2)ccn1. The van der Waals surface area contributed by atoms with Gasteiger partial charge in [-0.1, -0.05) is 13.3 Å². The van der Waals surface area contributed by atoms with E-state index in [0.717, 1.165) is 56.3 Å². The van der Waals surface area contributed by atoms with Crippen molar-refractivity contribution >= 4 is 23.4 Å². The molecule has 24 heavy (non-hydrogen) atoms. The van der Waals surface area contributed by atoms with Crippen LogP contribution in [-0.4, -0.2) is 46.5 Å². The Morgan fingerprint density at radius 2 is 2.21 bits per heavy atom. The molecule has 2 N–H and O–H groups in total. The van der Waals surface area contributed by atoms with Crippen LogP contribution >= 0.6 is 11.7 Å². The number of piperazine rings is 1. The topological polar surface area (TPSA) is 75.2 Å². The highest BCUT2D eigenvalue weighted by atomic mass is 32.1. The van der Waals surface area contributed by atoms with Crippen molar-refractivity contribution in [2.45, 2.75) is 26.4 Å². The lowest BCUT2D eigenvalue weighted by atomic mass is 10.2. The summed E-state index contributed by atoms with van der Waals surface area (Å²) in [5, 5.41) is 6.67. The molecule has 8 heteroatoms. The number of ether oxygens (including phenoxy) is 1. The third-order valence-electron chi connectivity index (χ3n) is 3.90. The number of nitrogens with one attached hydrogen (secondary N) is 2. The van der Waals surface area contributed by atoms with Crippen LogP contribution in [0.2, 0.25) is 0 Å². The average Bonchev–Trinajstić information content (AvgIpc) is 3.10. The molecular formula is C16H24N6OS. The molecule has 3 heterocycles. The lowest BCUT2D eigenvalue weighted by molar-refractivity contribution is 0.296. The van der Waals surface area contributed by atoms with Gasteiger partial charge in [0.05, 0.1) is 11.7 Å². The Kier molecular flexibility index (Phi) is 6.20. The second kappa shape index (κ2) is 8.79. The maximum absolute atomic E-state index is 5.92. The molecule has 1 aliphatic heterocycles. The second-order valence-corrected chi connectivity index (χ2v) is 6.28. The number of pyridine rings is 1. The van der Waals surface area contributed by atoms with Gasteiger partial charge in [0, 0.05) is 38.9 Å². The summed E-state index contributed by atoms with van der Waals surface area (Å²) in [5.74, 6) is 2.37. The molecule has 7 nitrogen and oxygen atoms in total.